The minimum atomic E-state index is 0.0372. The van der Waals surface area contributed by atoms with E-state index < -0.39 is 0 Å². The second-order valence-corrected chi connectivity index (χ2v) is 11.0. The largest absolute Gasteiger partial charge is 0.378 e. The van der Waals surface area contributed by atoms with E-state index >= 15 is 0 Å². The van der Waals surface area contributed by atoms with E-state index in [0.717, 1.165) is 48.9 Å². The molecule has 0 saturated carbocycles. The van der Waals surface area contributed by atoms with Gasteiger partial charge in [0.25, 0.3) is 0 Å². The van der Waals surface area contributed by atoms with Gasteiger partial charge < -0.3 is 24.3 Å². The molecular weight excluding hydrogens is 528 g/mol. The minimum Gasteiger partial charge on any atom is -0.378 e. The predicted octanol–water partition coefficient (Wildman–Crippen LogP) is 7.09. The average Bonchev–Trinajstić information content (AvgIpc) is 3.64. The maximum Gasteiger partial charge on any atom is 0.193 e. The number of hydrogen-bond acceptors (Lipinski definition) is 11. The van der Waals surface area contributed by atoms with Crippen LogP contribution in [0.4, 0.5) is 22.7 Å². The summed E-state index contributed by atoms with van der Waals surface area (Å²) in [7, 11) is 4.15. The maximum atomic E-state index is 5.92. The third-order valence-corrected chi connectivity index (χ3v) is 8.24. The van der Waals surface area contributed by atoms with Crippen LogP contribution in [0.3, 0.4) is 0 Å². The fraction of sp³-hybridized carbons (Fsp3) is 0.429. The van der Waals surface area contributed by atoms with Gasteiger partial charge in [-0.2, -0.15) is 20.5 Å². The Kier molecular flexibility index (Phi) is 11.1. The van der Waals surface area contributed by atoms with Gasteiger partial charge in [-0.25, -0.2) is 0 Å². The maximum absolute atomic E-state index is 5.92. The highest BCUT2D eigenvalue weighted by Crippen LogP contribution is 2.29. The molecule has 0 amide bonds. The first kappa shape index (κ1) is 29.0. The van der Waals surface area contributed by atoms with Crippen LogP contribution in [-0.4, -0.2) is 74.3 Å². The third kappa shape index (κ3) is 8.48. The molecule has 0 bridgehead atoms. The highest BCUT2D eigenvalue weighted by atomic mass is 32.2. The first-order valence-electron chi connectivity index (χ1n) is 13.2. The Balaban J connectivity index is 1.13. The van der Waals surface area contributed by atoms with Crippen molar-refractivity contribution in [1.82, 2.24) is 9.80 Å². The van der Waals surface area contributed by atoms with Crippen molar-refractivity contribution in [2.75, 3.05) is 63.3 Å². The summed E-state index contributed by atoms with van der Waals surface area (Å²) in [5.74, 6) is 0. The molecular formula is C28H38N8OS2. The Morgan fingerprint density at radius 1 is 0.692 bits per heavy atom. The van der Waals surface area contributed by atoms with Gasteiger partial charge in [0, 0.05) is 64.0 Å². The molecule has 2 atom stereocenters. The van der Waals surface area contributed by atoms with E-state index in [2.05, 4.69) is 115 Å². The van der Waals surface area contributed by atoms with Crippen LogP contribution in [0.25, 0.3) is 0 Å². The zero-order valence-electron chi connectivity index (χ0n) is 23.1. The van der Waals surface area contributed by atoms with E-state index in [1.807, 2.05) is 24.3 Å². The van der Waals surface area contributed by atoms with Crippen molar-refractivity contribution < 1.29 is 4.74 Å². The number of anilines is 2. The predicted molar refractivity (Wildman–Crippen MR) is 165 cm³/mol. The summed E-state index contributed by atoms with van der Waals surface area (Å²) in [5.41, 5.74) is 4.05. The molecule has 0 spiro atoms. The minimum absolute atomic E-state index is 0.0372. The van der Waals surface area contributed by atoms with Crippen molar-refractivity contribution in [2.24, 2.45) is 20.5 Å². The summed E-state index contributed by atoms with van der Waals surface area (Å²) in [6, 6.07) is 16.3. The van der Waals surface area contributed by atoms with Crippen LogP contribution < -0.4 is 9.80 Å². The van der Waals surface area contributed by atoms with Gasteiger partial charge in [-0.3, -0.25) is 0 Å². The number of rotatable bonds is 14. The summed E-state index contributed by atoms with van der Waals surface area (Å²) >= 11 is 3.34. The first-order chi connectivity index (χ1) is 19.1. The van der Waals surface area contributed by atoms with Crippen LogP contribution in [0.15, 0.2) is 92.2 Å². The molecule has 9 nitrogen and oxygen atoms in total. The summed E-state index contributed by atoms with van der Waals surface area (Å²) in [4.78, 5) is 8.69. The van der Waals surface area contributed by atoms with E-state index in [4.69, 9.17) is 4.74 Å². The van der Waals surface area contributed by atoms with Gasteiger partial charge in [0.05, 0.1) is 24.6 Å². The number of hydrogen-bond donors (Lipinski definition) is 0. The molecule has 4 rings (SSSR count). The standard InChI is InChI=1S/C28H38N8OS2/c1-5-35-17-21-38-27(35)31-29-23-7-11-25(12-8-23)33(3)15-19-37-20-16-34(4)26-13-9-24(10-14-26)30-32-28-36(6-2)18-22-39-28/h7-14,17-18,21-22,27-28H,5-6,15-16,19-20H2,1-4H3. The molecule has 208 valence electrons. The monoisotopic (exact) mass is 566 g/mol. The van der Waals surface area contributed by atoms with Crippen molar-refractivity contribution >= 4 is 46.3 Å². The number of likely N-dealkylation sites (N-methyl/N-ethyl adjacent to an activating group) is 2. The van der Waals surface area contributed by atoms with Gasteiger partial charge >= 0.3 is 0 Å². The Morgan fingerprint density at radius 3 is 1.49 bits per heavy atom. The molecule has 0 N–H and O–H groups in total. The molecule has 2 heterocycles. The van der Waals surface area contributed by atoms with Gasteiger partial charge in [-0.05, 0) is 73.2 Å². The SMILES string of the molecule is CCN1C=CSC1N=Nc1ccc(N(C)CCOCCN(C)c2ccc(N=NC3SC=CN3CC)cc2)cc1. The number of azo groups is 2. The molecule has 0 aliphatic carbocycles. The van der Waals surface area contributed by atoms with Crippen molar-refractivity contribution in [3.05, 3.63) is 71.7 Å². The van der Waals surface area contributed by atoms with Gasteiger partial charge in [0.2, 0.25) is 0 Å². The molecule has 0 aromatic heterocycles. The molecule has 0 saturated heterocycles. The third-order valence-electron chi connectivity index (χ3n) is 6.47. The van der Waals surface area contributed by atoms with Crippen molar-refractivity contribution in [2.45, 2.75) is 24.8 Å². The Labute approximate surface area is 240 Å². The molecule has 39 heavy (non-hydrogen) atoms. The Hall–Kier alpha value is -3.02. The summed E-state index contributed by atoms with van der Waals surface area (Å²) in [6.45, 7) is 9.02. The van der Waals surface area contributed by atoms with Crippen LogP contribution in [0, 0.1) is 0 Å². The second kappa shape index (κ2) is 14.9. The molecule has 2 unspecified atom stereocenters. The first-order valence-corrected chi connectivity index (χ1v) is 15.1. The van der Waals surface area contributed by atoms with E-state index in [-0.39, 0.29) is 11.0 Å². The zero-order chi connectivity index (χ0) is 27.5. The van der Waals surface area contributed by atoms with E-state index in [0.29, 0.717) is 13.2 Å². The molecule has 2 aliphatic heterocycles. The number of benzene rings is 2. The average molecular weight is 567 g/mol. The normalized spacial score (nSPS) is 18.8. The number of nitrogens with zero attached hydrogens (tertiary/aromatic N) is 8. The lowest BCUT2D eigenvalue weighted by atomic mass is 10.2. The van der Waals surface area contributed by atoms with Gasteiger partial charge in [-0.1, -0.05) is 23.5 Å². The number of ether oxygens (including phenoxy) is 1. The van der Waals surface area contributed by atoms with Crippen LogP contribution in [0.5, 0.6) is 0 Å². The molecule has 2 aliphatic rings. The molecule has 11 heteroatoms. The molecule has 0 radical (unpaired) electrons. The van der Waals surface area contributed by atoms with E-state index in [1.54, 1.807) is 23.5 Å². The van der Waals surface area contributed by atoms with Gasteiger partial charge in [0.1, 0.15) is 0 Å². The summed E-state index contributed by atoms with van der Waals surface area (Å²) < 4.78 is 5.92. The van der Waals surface area contributed by atoms with Crippen LogP contribution in [-0.2, 0) is 4.74 Å². The summed E-state index contributed by atoms with van der Waals surface area (Å²) in [6.07, 6.45) is 4.13. The summed E-state index contributed by atoms with van der Waals surface area (Å²) in [5, 5.41) is 21.9. The Bertz CT molecular complexity index is 1050. The van der Waals surface area contributed by atoms with Crippen molar-refractivity contribution in [1.29, 1.82) is 0 Å². The lowest BCUT2D eigenvalue weighted by Crippen LogP contribution is -2.26. The van der Waals surface area contributed by atoms with Crippen molar-refractivity contribution in [3.8, 4) is 0 Å². The van der Waals surface area contributed by atoms with E-state index in [9.17, 15) is 0 Å². The molecule has 2 aromatic carbocycles. The lowest BCUT2D eigenvalue weighted by Gasteiger charge is -2.21. The van der Waals surface area contributed by atoms with E-state index in [1.165, 1.54) is 0 Å². The smallest absolute Gasteiger partial charge is 0.193 e. The Morgan fingerprint density at radius 2 is 1.10 bits per heavy atom. The van der Waals surface area contributed by atoms with Gasteiger partial charge in [0.15, 0.2) is 11.0 Å². The fourth-order valence-corrected chi connectivity index (χ4v) is 5.61. The highest BCUT2D eigenvalue weighted by Gasteiger charge is 2.18. The second-order valence-electron chi connectivity index (χ2n) is 9.08. The van der Waals surface area contributed by atoms with Gasteiger partial charge in [-0.15, -0.1) is 0 Å². The molecule has 2 aromatic rings. The highest BCUT2D eigenvalue weighted by molar-refractivity contribution is 8.03. The molecule has 0 fully saturated rings. The zero-order valence-corrected chi connectivity index (χ0v) is 24.8. The number of thioether (sulfide) groups is 2. The lowest BCUT2D eigenvalue weighted by molar-refractivity contribution is 0.147. The van der Waals surface area contributed by atoms with Crippen molar-refractivity contribution in [3.63, 3.8) is 0 Å². The van der Waals surface area contributed by atoms with Crippen LogP contribution >= 0.6 is 23.5 Å². The van der Waals surface area contributed by atoms with Crippen LogP contribution in [0.1, 0.15) is 13.8 Å². The fourth-order valence-electron chi connectivity index (χ4n) is 3.92. The quantitative estimate of drug-likeness (QED) is 0.179. The topological polar surface area (TPSA) is 71.6 Å². The van der Waals surface area contributed by atoms with Crippen LogP contribution in [0.2, 0.25) is 0 Å².